The number of carbonyl (C=O) groups excluding carboxylic acids is 2. The van der Waals surface area contributed by atoms with Gasteiger partial charge in [0.05, 0.1) is 6.04 Å². The molecular formula is C29H36N2O3. The van der Waals surface area contributed by atoms with Crippen molar-refractivity contribution in [3.05, 3.63) is 76.9 Å². The maximum atomic E-state index is 13.3. The monoisotopic (exact) mass is 460 g/mol. The summed E-state index contributed by atoms with van der Waals surface area (Å²) < 4.78 is 5.27. The number of ether oxygens (including phenoxy) is 1. The second-order valence-electron chi connectivity index (χ2n) is 10.3. The van der Waals surface area contributed by atoms with E-state index >= 15 is 0 Å². The highest BCUT2D eigenvalue weighted by atomic mass is 16.6. The van der Waals surface area contributed by atoms with E-state index in [1.54, 1.807) is 0 Å². The van der Waals surface area contributed by atoms with Crippen molar-refractivity contribution < 1.29 is 14.3 Å². The lowest BCUT2D eigenvalue weighted by atomic mass is 9.88. The highest BCUT2D eigenvalue weighted by Crippen LogP contribution is 2.41. The fourth-order valence-electron chi connectivity index (χ4n) is 5.06. The molecule has 1 aliphatic heterocycles. The predicted octanol–water partition coefficient (Wildman–Crippen LogP) is 5.53. The van der Waals surface area contributed by atoms with Crippen LogP contribution >= 0.6 is 0 Å². The third-order valence-electron chi connectivity index (χ3n) is 6.57. The van der Waals surface area contributed by atoms with Gasteiger partial charge in [-0.05, 0) is 80.7 Å². The molecule has 0 saturated carbocycles. The van der Waals surface area contributed by atoms with Gasteiger partial charge in [-0.25, -0.2) is 4.79 Å². The van der Waals surface area contributed by atoms with E-state index in [4.69, 9.17) is 4.74 Å². The van der Waals surface area contributed by atoms with E-state index in [1.165, 1.54) is 27.8 Å². The Morgan fingerprint density at radius 3 is 2.53 bits per heavy atom. The number of nitrogens with one attached hydrogen (secondary N) is 1. The summed E-state index contributed by atoms with van der Waals surface area (Å²) in [6, 6.07) is 19.3. The van der Waals surface area contributed by atoms with Gasteiger partial charge in [-0.15, -0.1) is 0 Å². The molecule has 0 radical (unpaired) electrons. The van der Waals surface area contributed by atoms with Crippen molar-refractivity contribution in [3.8, 4) is 0 Å². The molecule has 0 aromatic heterocycles. The number of fused-ring (bicyclic) bond motifs is 2. The zero-order valence-corrected chi connectivity index (χ0v) is 20.6. The summed E-state index contributed by atoms with van der Waals surface area (Å²) in [5.41, 5.74) is 6.37. The molecule has 0 bridgehead atoms. The van der Waals surface area contributed by atoms with Crippen LogP contribution in [0.1, 0.15) is 63.1 Å². The van der Waals surface area contributed by atoms with E-state index in [0.717, 1.165) is 38.6 Å². The third-order valence-corrected chi connectivity index (χ3v) is 6.57. The highest BCUT2D eigenvalue weighted by molar-refractivity contribution is 5.83. The summed E-state index contributed by atoms with van der Waals surface area (Å²) in [6.07, 6.45) is 4.29. The molecule has 0 saturated heterocycles. The van der Waals surface area contributed by atoms with Gasteiger partial charge in [0, 0.05) is 19.5 Å². The van der Waals surface area contributed by atoms with E-state index in [1.807, 2.05) is 26.8 Å². The minimum absolute atomic E-state index is 0.103. The van der Waals surface area contributed by atoms with Crippen LogP contribution in [0, 0.1) is 0 Å². The van der Waals surface area contributed by atoms with E-state index in [9.17, 15) is 9.59 Å². The minimum Gasteiger partial charge on any atom is -0.444 e. The van der Waals surface area contributed by atoms with Crippen molar-refractivity contribution in [2.24, 2.45) is 0 Å². The van der Waals surface area contributed by atoms with E-state index in [2.05, 4.69) is 58.7 Å². The number of alkyl carbamates (subject to hydrolysis) is 1. The second kappa shape index (κ2) is 10.5. The lowest BCUT2D eigenvalue weighted by Crippen LogP contribution is -2.46. The number of amides is 2. The third kappa shape index (κ3) is 5.88. The number of carbonyl (C=O) groups is 2. The predicted molar refractivity (Wildman–Crippen MR) is 135 cm³/mol. The van der Waals surface area contributed by atoms with Gasteiger partial charge in [0.2, 0.25) is 5.91 Å². The summed E-state index contributed by atoms with van der Waals surface area (Å²) in [6.45, 7) is 6.82. The smallest absolute Gasteiger partial charge is 0.407 e. The van der Waals surface area contributed by atoms with Crippen molar-refractivity contribution in [2.45, 2.75) is 70.9 Å². The lowest BCUT2D eigenvalue weighted by Gasteiger charge is -2.38. The first-order valence-corrected chi connectivity index (χ1v) is 12.4. The van der Waals surface area contributed by atoms with Crippen LogP contribution < -0.4 is 5.32 Å². The van der Waals surface area contributed by atoms with Crippen LogP contribution in [0.15, 0.2) is 60.2 Å². The first kappa shape index (κ1) is 24.1. The molecule has 2 amide bonds. The Balaban J connectivity index is 1.38. The van der Waals surface area contributed by atoms with E-state index < -0.39 is 11.7 Å². The maximum Gasteiger partial charge on any atom is 0.407 e. The van der Waals surface area contributed by atoms with Gasteiger partial charge in [-0.1, -0.05) is 54.6 Å². The zero-order chi connectivity index (χ0) is 24.1. The molecule has 2 aromatic rings. The number of unbranched alkanes of at least 4 members (excludes halogenated alkanes) is 1. The summed E-state index contributed by atoms with van der Waals surface area (Å²) >= 11 is 0. The standard InChI is InChI=1S/C29H36N2O3/c1-29(2,3)34-28(33)30-17-10-9-15-27(32)31-18-16-24-23-14-8-7-13-22(23)20-25(24)26(31)19-21-11-5-4-6-12-21/h4-8,11-14,26H,9-10,15-20H2,1-3H3,(H,30,33). The molecule has 1 atom stereocenters. The Labute approximate surface area is 203 Å². The average Bonchev–Trinajstić information content (AvgIpc) is 3.18. The number of nitrogens with zero attached hydrogens (tertiary/aromatic N) is 1. The Morgan fingerprint density at radius 1 is 1.03 bits per heavy atom. The molecule has 1 heterocycles. The fraction of sp³-hybridized carbons (Fsp3) is 0.448. The highest BCUT2D eigenvalue weighted by Gasteiger charge is 2.36. The second-order valence-corrected chi connectivity index (χ2v) is 10.3. The van der Waals surface area contributed by atoms with Crippen molar-refractivity contribution in [1.82, 2.24) is 10.2 Å². The molecular weight excluding hydrogens is 424 g/mol. The van der Waals surface area contributed by atoms with Crippen LogP contribution in [0.4, 0.5) is 4.79 Å². The summed E-state index contributed by atoms with van der Waals surface area (Å²) in [4.78, 5) is 27.3. The quantitative estimate of drug-likeness (QED) is 0.552. The topological polar surface area (TPSA) is 58.6 Å². The van der Waals surface area contributed by atoms with E-state index in [0.29, 0.717) is 13.0 Å². The Hall–Kier alpha value is -3.08. The van der Waals surface area contributed by atoms with Crippen LogP contribution in [-0.2, 0) is 22.4 Å². The molecule has 5 nitrogen and oxygen atoms in total. The molecule has 1 N–H and O–H groups in total. The maximum absolute atomic E-state index is 13.3. The molecule has 34 heavy (non-hydrogen) atoms. The Bertz CT molecular complexity index is 1050. The lowest BCUT2D eigenvalue weighted by molar-refractivity contribution is -0.133. The number of hydrogen-bond donors (Lipinski definition) is 1. The minimum atomic E-state index is -0.504. The largest absolute Gasteiger partial charge is 0.444 e. The molecule has 1 unspecified atom stereocenters. The van der Waals surface area contributed by atoms with Gasteiger partial charge in [0.25, 0.3) is 0 Å². The molecule has 0 fully saturated rings. The Kier molecular flexibility index (Phi) is 7.40. The van der Waals surface area contributed by atoms with Gasteiger partial charge in [-0.2, -0.15) is 0 Å². The first-order chi connectivity index (χ1) is 16.3. The Morgan fingerprint density at radius 2 is 1.76 bits per heavy atom. The molecule has 4 rings (SSSR count). The van der Waals surface area contributed by atoms with Crippen LogP contribution in [0.5, 0.6) is 0 Å². The van der Waals surface area contributed by atoms with Crippen molar-refractivity contribution in [2.75, 3.05) is 13.1 Å². The first-order valence-electron chi connectivity index (χ1n) is 12.4. The van der Waals surface area contributed by atoms with Gasteiger partial charge in [0.1, 0.15) is 5.60 Å². The number of benzene rings is 2. The molecule has 2 aliphatic rings. The number of hydrogen-bond acceptors (Lipinski definition) is 3. The molecule has 5 heteroatoms. The van der Waals surface area contributed by atoms with Gasteiger partial charge in [0.15, 0.2) is 0 Å². The van der Waals surface area contributed by atoms with Crippen LogP contribution in [0.2, 0.25) is 0 Å². The van der Waals surface area contributed by atoms with E-state index in [-0.39, 0.29) is 11.9 Å². The average molecular weight is 461 g/mol. The molecule has 180 valence electrons. The SMILES string of the molecule is CC(C)(C)OC(=O)NCCCCC(=O)N1CCC2=C(Cc3ccccc32)C1Cc1ccccc1. The fourth-order valence-corrected chi connectivity index (χ4v) is 5.06. The molecule has 1 aliphatic carbocycles. The number of rotatable bonds is 7. The summed E-state index contributed by atoms with van der Waals surface area (Å²) in [5.74, 6) is 0.209. The van der Waals surface area contributed by atoms with Gasteiger partial charge >= 0.3 is 6.09 Å². The van der Waals surface area contributed by atoms with Gasteiger partial charge < -0.3 is 15.0 Å². The summed E-state index contributed by atoms with van der Waals surface area (Å²) in [7, 11) is 0. The van der Waals surface area contributed by atoms with Crippen molar-refractivity contribution in [1.29, 1.82) is 0 Å². The summed E-state index contributed by atoms with van der Waals surface area (Å²) in [5, 5.41) is 2.78. The van der Waals surface area contributed by atoms with Gasteiger partial charge in [-0.3, -0.25) is 4.79 Å². The molecule has 0 spiro atoms. The van der Waals surface area contributed by atoms with Crippen LogP contribution in [0.25, 0.3) is 5.57 Å². The van der Waals surface area contributed by atoms with Crippen molar-refractivity contribution in [3.63, 3.8) is 0 Å². The van der Waals surface area contributed by atoms with Crippen LogP contribution in [0.3, 0.4) is 0 Å². The zero-order valence-electron chi connectivity index (χ0n) is 20.6. The van der Waals surface area contributed by atoms with Crippen molar-refractivity contribution >= 4 is 17.6 Å². The molecule has 2 aromatic carbocycles. The van der Waals surface area contributed by atoms with Crippen LogP contribution in [-0.4, -0.2) is 41.6 Å². The normalized spacial score (nSPS) is 17.3.